The lowest BCUT2D eigenvalue weighted by atomic mass is 10.2. The van der Waals surface area contributed by atoms with E-state index in [1.807, 2.05) is 0 Å². The molecule has 2 aromatic rings. The fourth-order valence-corrected chi connectivity index (χ4v) is 3.49. The van der Waals surface area contributed by atoms with Crippen LogP contribution >= 0.6 is 0 Å². The lowest BCUT2D eigenvalue weighted by molar-refractivity contribution is -0.124. The number of hydrogen-bond acceptors (Lipinski definition) is 6. The van der Waals surface area contributed by atoms with Crippen molar-refractivity contribution in [3.63, 3.8) is 0 Å². The van der Waals surface area contributed by atoms with E-state index in [4.69, 9.17) is 13.9 Å². The second-order valence-electron chi connectivity index (χ2n) is 7.28. The highest BCUT2D eigenvalue weighted by Gasteiger charge is 2.19. The van der Waals surface area contributed by atoms with Gasteiger partial charge in [0.1, 0.15) is 11.5 Å². The van der Waals surface area contributed by atoms with Gasteiger partial charge >= 0.3 is 0 Å². The molecule has 1 saturated carbocycles. The molecule has 9 nitrogen and oxygen atoms in total. The Morgan fingerprint density at radius 3 is 2.16 bits per heavy atom. The lowest BCUT2D eigenvalue weighted by Crippen LogP contribution is -2.33. The van der Waals surface area contributed by atoms with Gasteiger partial charge in [0.05, 0.1) is 31.9 Å². The Morgan fingerprint density at radius 1 is 0.968 bits per heavy atom. The van der Waals surface area contributed by atoms with Crippen molar-refractivity contribution in [1.82, 2.24) is 5.32 Å². The molecule has 0 saturated heterocycles. The zero-order chi connectivity index (χ0) is 22.2. The number of ether oxygens (including phenoxy) is 2. The molecule has 0 aliphatic heterocycles. The summed E-state index contributed by atoms with van der Waals surface area (Å²) in [6.45, 7) is 0. The van der Waals surface area contributed by atoms with E-state index in [1.165, 1.54) is 26.5 Å². The first-order chi connectivity index (χ1) is 15.0. The molecule has 0 atom stereocenters. The molecule has 1 aromatic heterocycles. The summed E-state index contributed by atoms with van der Waals surface area (Å²) in [6.07, 6.45) is 5.81. The van der Waals surface area contributed by atoms with Gasteiger partial charge in [-0.3, -0.25) is 14.4 Å². The molecule has 3 N–H and O–H groups in total. The standard InChI is InChI=1S/C22H27N3O6/c1-29-18-13-16(25-22(28)17-8-5-11-31-17)19(30-2)12-15(18)24-21(27)10-9-20(26)23-14-6-3-4-7-14/h5,8,11-14H,3-4,6-7,9-10H2,1-2H3,(H,23,26)(H,24,27)(H,25,28). The molecule has 1 aliphatic rings. The molecule has 0 radical (unpaired) electrons. The number of furan rings is 1. The molecule has 0 unspecified atom stereocenters. The van der Waals surface area contributed by atoms with Crippen molar-refractivity contribution in [2.75, 3.05) is 24.9 Å². The summed E-state index contributed by atoms with van der Waals surface area (Å²) in [7, 11) is 2.90. The fraction of sp³-hybridized carbons (Fsp3) is 0.409. The van der Waals surface area contributed by atoms with E-state index in [-0.39, 0.29) is 36.5 Å². The molecule has 1 aromatic carbocycles. The number of amides is 3. The third-order valence-corrected chi connectivity index (χ3v) is 5.09. The minimum atomic E-state index is -0.449. The summed E-state index contributed by atoms with van der Waals surface area (Å²) in [5.41, 5.74) is 0.728. The van der Waals surface area contributed by atoms with Gasteiger partial charge in [-0.05, 0) is 25.0 Å². The van der Waals surface area contributed by atoms with Gasteiger partial charge in [0.25, 0.3) is 5.91 Å². The van der Waals surface area contributed by atoms with Crippen molar-refractivity contribution >= 4 is 29.1 Å². The molecule has 166 valence electrons. The predicted octanol–water partition coefficient (Wildman–Crippen LogP) is 3.33. The van der Waals surface area contributed by atoms with Crippen LogP contribution in [0, 0.1) is 0 Å². The predicted molar refractivity (Wildman–Crippen MR) is 114 cm³/mol. The van der Waals surface area contributed by atoms with Crippen LogP contribution in [0.2, 0.25) is 0 Å². The Bertz CT molecular complexity index is 920. The van der Waals surface area contributed by atoms with Gasteiger partial charge in [-0.2, -0.15) is 0 Å². The number of nitrogens with one attached hydrogen (secondary N) is 3. The van der Waals surface area contributed by atoms with Gasteiger partial charge in [-0.25, -0.2) is 0 Å². The maximum atomic E-state index is 12.4. The van der Waals surface area contributed by atoms with E-state index in [1.54, 1.807) is 18.2 Å². The minimum absolute atomic E-state index is 0.0427. The van der Waals surface area contributed by atoms with E-state index < -0.39 is 5.91 Å². The largest absolute Gasteiger partial charge is 0.494 e. The highest BCUT2D eigenvalue weighted by atomic mass is 16.5. The summed E-state index contributed by atoms with van der Waals surface area (Å²) >= 11 is 0. The Labute approximate surface area is 180 Å². The SMILES string of the molecule is COc1cc(NC(=O)c2ccco2)c(OC)cc1NC(=O)CCC(=O)NC1CCCC1. The summed E-state index contributed by atoms with van der Waals surface area (Å²) in [6, 6.07) is 6.47. The van der Waals surface area contributed by atoms with Crippen LogP contribution in [0.5, 0.6) is 11.5 Å². The highest BCUT2D eigenvalue weighted by molar-refractivity contribution is 6.04. The maximum Gasteiger partial charge on any atom is 0.291 e. The zero-order valence-electron chi connectivity index (χ0n) is 17.7. The number of rotatable bonds is 9. The quantitative estimate of drug-likeness (QED) is 0.563. The molecule has 31 heavy (non-hydrogen) atoms. The van der Waals surface area contributed by atoms with Crippen molar-refractivity contribution in [1.29, 1.82) is 0 Å². The molecule has 3 amide bonds. The number of carbonyl (C=O) groups excluding carboxylic acids is 3. The number of methoxy groups -OCH3 is 2. The first-order valence-electron chi connectivity index (χ1n) is 10.2. The Morgan fingerprint density at radius 2 is 1.58 bits per heavy atom. The van der Waals surface area contributed by atoms with Gasteiger partial charge in [0.2, 0.25) is 11.8 Å². The summed E-state index contributed by atoms with van der Waals surface area (Å²) in [4.78, 5) is 36.7. The van der Waals surface area contributed by atoms with Gasteiger partial charge in [-0.1, -0.05) is 12.8 Å². The number of benzene rings is 1. The van der Waals surface area contributed by atoms with Crippen molar-refractivity contribution in [3.8, 4) is 11.5 Å². The third-order valence-electron chi connectivity index (χ3n) is 5.09. The topological polar surface area (TPSA) is 119 Å². The van der Waals surface area contributed by atoms with Crippen molar-refractivity contribution in [2.45, 2.75) is 44.6 Å². The maximum absolute atomic E-state index is 12.4. The van der Waals surface area contributed by atoms with Gasteiger partial charge in [-0.15, -0.1) is 0 Å². The van der Waals surface area contributed by atoms with Gasteiger partial charge < -0.3 is 29.8 Å². The minimum Gasteiger partial charge on any atom is -0.494 e. The van der Waals surface area contributed by atoms with E-state index in [0.29, 0.717) is 22.9 Å². The first-order valence-corrected chi connectivity index (χ1v) is 10.2. The average molecular weight is 429 g/mol. The van der Waals surface area contributed by atoms with Gasteiger partial charge in [0.15, 0.2) is 5.76 Å². The molecule has 0 spiro atoms. The first kappa shape index (κ1) is 22.2. The second kappa shape index (κ2) is 10.5. The van der Waals surface area contributed by atoms with Crippen molar-refractivity contribution in [2.24, 2.45) is 0 Å². The Balaban J connectivity index is 1.62. The van der Waals surface area contributed by atoms with Crippen molar-refractivity contribution in [3.05, 3.63) is 36.3 Å². The molecule has 1 fully saturated rings. The lowest BCUT2D eigenvalue weighted by Gasteiger charge is -2.16. The Kier molecular flexibility index (Phi) is 7.53. The molecule has 1 aliphatic carbocycles. The Hall–Kier alpha value is -3.49. The van der Waals surface area contributed by atoms with Crippen LogP contribution in [0.15, 0.2) is 34.9 Å². The highest BCUT2D eigenvalue weighted by Crippen LogP contribution is 2.36. The van der Waals surface area contributed by atoms with E-state index >= 15 is 0 Å². The molecule has 1 heterocycles. The summed E-state index contributed by atoms with van der Waals surface area (Å²) in [5.74, 6) is -0.0872. The van der Waals surface area contributed by atoms with Crippen LogP contribution in [0.3, 0.4) is 0 Å². The number of anilines is 2. The molecular formula is C22H27N3O6. The molecule has 3 rings (SSSR count). The molecular weight excluding hydrogens is 402 g/mol. The monoisotopic (exact) mass is 429 g/mol. The summed E-state index contributed by atoms with van der Waals surface area (Å²) < 4.78 is 15.8. The molecule has 9 heteroatoms. The molecule has 0 bridgehead atoms. The normalized spacial score (nSPS) is 13.5. The van der Waals surface area contributed by atoms with Gasteiger partial charge in [0, 0.05) is 31.0 Å². The van der Waals surface area contributed by atoms with E-state index in [9.17, 15) is 14.4 Å². The smallest absolute Gasteiger partial charge is 0.291 e. The average Bonchev–Trinajstić information content (AvgIpc) is 3.47. The van der Waals surface area contributed by atoms with Crippen LogP contribution < -0.4 is 25.4 Å². The van der Waals surface area contributed by atoms with Crippen LogP contribution in [-0.2, 0) is 9.59 Å². The van der Waals surface area contributed by atoms with E-state index in [0.717, 1.165) is 25.7 Å². The van der Waals surface area contributed by atoms with Crippen LogP contribution in [-0.4, -0.2) is 38.0 Å². The zero-order valence-corrected chi connectivity index (χ0v) is 17.7. The fourth-order valence-electron chi connectivity index (χ4n) is 3.49. The van der Waals surface area contributed by atoms with Crippen LogP contribution in [0.25, 0.3) is 0 Å². The summed E-state index contributed by atoms with van der Waals surface area (Å²) in [5, 5.41) is 8.39. The van der Waals surface area contributed by atoms with Crippen molar-refractivity contribution < 1.29 is 28.3 Å². The van der Waals surface area contributed by atoms with Crippen LogP contribution in [0.1, 0.15) is 49.1 Å². The van der Waals surface area contributed by atoms with Crippen LogP contribution in [0.4, 0.5) is 11.4 Å². The van der Waals surface area contributed by atoms with E-state index in [2.05, 4.69) is 16.0 Å². The number of carbonyl (C=O) groups is 3. The number of hydrogen-bond donors (Lipinski definition) is 3. The third kappa shape index (κ3) is 6.00. The second-order valence-corrected chi connectivity index (χ2v) is 7.28.